The van der Waals surface area contributed by atoms with E-state index in [2.05, 4.69) is 17.4 Å². The molecular weight excluding hydrogens is 324 g/mol. The van der Waals surface area contributed by atoms with Crippen LogP contribution in [-0.2, 0) is 12.8 Å². The van der Waals surface area contributed by atoms with E-state index < -0.39 is 6.09 Å². The summed E-state index contributed by atoms with van der Waals surface area (Å²) >= 11 is 0. The highest BCUT2D eigenvalue weighted by Crippen LogP contribution is 2.11. The third-order valence-corrected chi connectivity index (χ3v) is 3.88. The molecule has 130 valence electrons. The first-order valence-corrected chi connectivity index (χ1v) is 7.96. The highest BCUT2D eigenvalue weighted by atomic mass is 35.5. The Hall–Kier alpha value is -2.04. The lowest BCUT2D eigenvalue weighted by molar-refractivity contribution is 0.188. The number of nitrogens with two attached hydrogens (primary N) is 1. The molecule has 2 aromatic rings. The molecule has 0 bridgehead atoms. The maximum Gasteiger partial charge on any atom is 0.404 e. The summed E-state index contributed by atoms with van der Waals surface area (Å²) in [5, 5.41) is 11.6. The molecule has 0 aromatic heterocycles. The second kappa shape index (κ2) is 10.7. The standard InChI is InChI=1S/C19H24N2O2.ClH/c20-17(13-15-7-3-1-4-8-15)11-12-18(21-19(22)23)14-16-9-5-2-6-10-16;/h1-10,17-18,21H,11-14,20H2,(H,22,23);1H/t17-,18?;/m1./s1. The van der Waals surface area contributed by atoms with Gasteiger partial charge in [-0.2, -0.15) is 0 Å². The van der Waals surface area contributed by atoms with E-state index in [1.165, 1.54) is 5.56 Å². The molecule has 1 amide bonds. The highest BCUT2D eigenvalue weighted by molar-refractivity contribution is 5.85. The molecule has 0 aliphatic rings. The second-order valence-electron chi connectivity index (χ2n) is 5.86. The lowest BCUT2D eigenvalue weighted by atomic mass is 9.96. The van der Waals surface area contributed by atoms with Crippen LogP contribution in [0.25, 0.3) is 0 Å². The zero-order valence-electron chi connectivity index (χ0n) is 13.6. The number of nitrogens with one attached hydrogen (secondary N) is 1. The van der Waals surface area contributed by atoms with Gasteiger partial charge in [0.25, 0.3) is 0 Å². The van der Waals surface area contributed by atoms with Gasteiger partial charge in [-0.15, -0.1) is 12.4 Å². The summed E-state index contributed by atoms with van der Waals surface area (Å²) in [7, 11) is 0. The van der Waals surface area contributed by atoms with Crippen LogP contribution < -0.4 is 11.1 Å². The molecule has 0 saturated heterocycles. The number of rotatable bonds is 8. The fraction of sp³-hybridized carbons (Fsp3) is 0.316. The molecule has 1 unspecified atom stereocenters. The number of hydrogen-bond acceptors (Lipinski definition) is 2. The van der Waals surface area contributed by atoms with Crippen LogP contribution in [0, 0.1) is 0 Å². The van der Waals surface area contributed by atoms with E-state index in [0.29, 0.717) is 6.42 Å². The predicted molar refractivity (Wildman–Crippen MR) is 99.7 cm³/mol. The number of hydrogen-bond donors (Lipinski definition) is 3. The van der Waals surface area contributed by atoms with E-state index in [0.717, 1.165) is 24.8 Å². The molecule has 4 N–H and O–H groups in total. The molecule has 24 heavy (non-hydrogen) atoms. The average Bonchev–Trinajstić information content (AvgIpc) is 2.54. The fourth-order valence-corrected chi connectivity index (χ4v) is 2.73. The zero-order chi connectivity index (χ0) is 16.5. The summed E-state index contributed by atoms with van der Waals surface area (Å²) in [5.74, 6) is 0. The molecule has 0 heterocycles. The van der Waals surface area contributed by atoms with Gasteiger partial charge in [0.05, 0.1) is 0 Å². The minimum Gasteiger partial charge on any atom is -0.465 e. The molecule has 2 rings (SSSR count). The first-order chi connectivity index (χ1) is 11.1. The van der Waals surface area contributed by atoms with Crippen LogP contribution in [-0.4, -0.2) is 23.3 Å². The van der Waals surface area contributed by atoms with Crippen molar-refractivity contribution in [2.45, 2.75) is 37.8 Å². The Morgan fingerprint density at radius 3 is 1.92 bits per heavy atom. The van der Waals surface area contributed by atoms with E-state index >= 15 is 0 Å². The Labute approximate surface area is 149 Å². The molecule has 5 heteroatoms. The fourth-order valence-electron chi connectivity index (χ4n) is 2.73. The summed E-state index contributed by atoms with van der Waals surface area (Å²) in [6, 6.07) is 20.0. The normalized spacial score (nSPS) is 12.7. The summed E-state index contributed by atoms with van der Waals surface area (Å²) in [6.07, 6.45) is 2.03. The second-order valence-corrected chi connectivity index (χ2v) is 5.86. The van der Waals surface area contributed by atoms with Crippen molar-refractivity contribution in [3.05, 3.63) is 71.8 Å². The van der Waals surface area contributed by atoms with Gasteiger partial charge in [-0.1, -0.05) is 60.7 Å². The summed E-state index contributed by atoms with van der Waals surface area (Å²) < 4.78 is 0. The van der Waals surface area contributed by atoms with E-state index in [-0.39, 0.29) is 24.5 Å². The van der Waals surface area contributed by atoms with Gasteiger partial charge in [-0.25, -0.2) is 4.79 Å². The van der Waals surface area contributed by atoms with Crippen LogP contribution in [0.15, 0.2) is 60.7 Å². The Morgan fingerprint density at radius 1 is 0.917 bits per heavy atom. The average molecular weight is 349 g/mol. The minimum atomic E-state index is -0.984. The van der Waals surface area contributed by atoms with Gasteiger partial charge in [-0.05, 0) is 36.8 Å². The van der Waals surface area contributed by atoms with Crippen LogP contribution in [0.5, 0.6) is 0 Å². The van der Waals surface area contributed by atoms with Crippen molar-refractivity contribution >= 4 is 18.5 Å². The van der Waals surface area contributed by atoms with Gasteiger partial charge < -0.3 is 16.2 Å². The largest absolute Gasteiger partial charge is 0.465 e. The van der Waals surface area contributed by atoms with Crippen molar-refractivity contribution in [1.29, 1.82) is 0 Å². The van der Waals surface area contributed by atoms with Gasteiger partial charge in [0.15, 0.2) is 0 Å². The van der Waals surface area contributed by atoms with Crippen molar-refractivity contribution in [2.24, 2.45) is 5.73 Å². The lowest BCUT2D eigenvalue weighted by Gasteiger charge is -2.19. The minimum absolute atomic E-state index is 0. The van der Waals surface area contributed by atoms with Crippen molar-refractivity contribution in [1.82, 2.24) is 5.32 Å². The van der Waals surface area contributed by atoms with E-state index in [9.17, 15) is 4.79 Å². The number of carbonyl (C=O) groups is 1. The van der Waals surface area contributed by atoms with Crippen LogP contribution in [0.3, 0.4) is 0 Å². The molecular formula is C19H25ClN2O2. The molecule has 0 saturated carbocycles. The van der Waals surface area contributed by atoms with Crippen molar-refractivity contribution in [3.63, 3.8) is 0 Å². The van der Waals surface area contributed by atoms with E-state index in [1.54, 1.807) is 0 Å². The molecule has 0 aliphatic carbocycles. The Kier molecular flexibility index (Phi) is 8.90. The number of carboxylic acid groups (broad SMARTS) is 1. The number of benzene rings is 2. The quantitative estimate of drug-likeness (QED) is 0.681. The van der Waals surface area contributed by atoms with Crippen LogP contribution >= 0.6 is 12.4 Å². The SMILES string of the molecule is Cl.N[C@H](CCC(Cc1ccccc1)NC(=O)O)Cc1ccccc1. The smallest absolute Gasteiger partial charge is 0.404 e. The van der Waals surface area contributed by atoms with Gasteiger partial charge in [-0.3, -0.25) is 0 Å². The molecule has 2 atom stereocenters. The van der Waals surface area contributed by atoms with Gasteiger partial charge >= 0.3 is 6.09 Å². The van der Waals surface area contributed by atoms with E-state index in [1.807, 2.05) is 48.5 Å². The van der Waals surface area contributed by atoms with Gasteiger partial charge in [0.1, 0.15) is 0 Å². The zero-order valence-corrected chi connectivity index (χ0v) is 14.4. The first kappa shape index (κ1) is 20.0. The molecule has 0 radical (unpaired) electrons. The maximum atomic E-state index is 11.0. The number of amides is 1. The van der Waals surface area contributed by atoms with Crippen molar-refractivity contribution < 1.29 is 9.90 Å². The van der Waals surface area contributed by atoms with Crippen LogP contribution in [0.2, 0.25) is 0 Å². The Bertz CT molecular complexity index is 593. The summed E-state index contributed by atoms with van der Waals surface area (Å²) in [5.41, 5.74) is 8.54. The Balaban J connectivity index is 0.00000288. The van der Waals surface area contributed by atoms with Crippen molar-refractivity contribution in [2.75, 3.05) is 0 Å². The molecule has 0 spiro atoms. The van der Waals surface area contributed by atoms with Crippen LogP contribution in [0.4, 0.5) is 4.79 Å². The monoisotopic (exact) mass is 348 g/mol. The highest BCUT2D eigenvalue weighted by Gasteiger charge is 2.14. The van der Waals surface area contributed by atoms with Gasteiger partial charge in [0, 0.05) is 12.1 Å². The van der Waals surface area contributed by atoms with Crippen LogP contribution in [0.1, 0.15) is 24.0 Å². The molecule has 2 aromatic carbocycles. The third kappa shape index (κ3) is 7.49. The molecule has 0 fully saturated rings. The van der Waals surface area contributed by atoms with E-state index in [4.69, 9.17) is 10.8 Å². The first-order valence-electron chi connectivity index (χ1n) is 7.96. The summed E-state index contributed by atoms with van der Waals surface area (Å²) in [4.78, 5) is 11.0. The molecule has 0 aliphatic heterocycles. The predicted octanol–water partition coefficient (Wildman–Crippen LogP) is 3.64. The lowest BCUT2D eigenvalue weighted by Crippen LogP contribution is -2.37. The summed E-state index contributed by atoms with van der Waals surface area (Å²) in [6.45, 7) is 0. The maximum absolute atomic E-state index is 11.0. The van der Waals surface area contributed by atoms with Crippen molar-refractivity contribution in [3.8, 4) is 0 Å². The molecule has 4 nitrogen and oxygen atoms in total. The van der Waals surface area contributed by atoms with Gasteiger partial charge in [0.2, 0.25) is 0 Å². The Morgan fingerprint density at radius 2 is 1.42 bits per heavy atom. The third-order valence-electron chi connectivity index (χ3n) is 3.88. The topological polar surface area (TPSA) is 75.3 Å². The number of halogens is 1.